The van der Waals surface area contributed by atoms with E-state index >= 15 is 0 Å². The van der Waals surface area contributed by atoms with Gasteiger partial charge in [0.1, 0.15) is 19.3 Å². The number of ether oxygens (including phenoxy) is 4. The first-order valence-electron chi connectivity index (χ1n) is 39.7. The molecule has 96 heavy (non-hydrogen) atoms. The van der Waals surface area contributed by atoms with Crippen LogP contribution < -0.4 is 0 Å². The van der Waals surface area contributed by atoms with Gasteiger partial charge in [0.2, 0.25) is 0 Å². The van der Waals surface area contributed by atoms with Gasteiger partial charge in [-0.05, 0) is 49.4 Å². The molecule has 3 N–H and O–H groups in total. The number of phosphoric acid groups is 2. The number of carbonyl (C=O) groups excluding carboxylic acids is 4. The number of phosphoric ester groups is 2. The average molecular weight is 1410 g/mol. The quantitative estimate of drug-likeness (QED) is 0.0222. The predicted octanol–water partition coefficient (Wildman–Crippen LogP) is 22.4. The molecule has 0 aromatic heterocycles. The van der Waals surface area contributed by atoms with Crippen LogP contribution in [0.15, 0.2) is 0 Å². The SMILES string of the molecule is CC(C)CCCCCCCCCCCCCCCCCCC(=O)OC[C@H](COP(=O)(O)OC[C@@H](O)COP(=O)(O)OC[C@@H](COC(=O)CCCCCCCCC(C)C)OC(=O)CCCCCCCCCCCCCCCC(C)C)OC(=O)CCCCCCCCCCCC(C)C. The van der Waals surface area contributed by atoms with E-state index in [-0.39, 0.29) is 25.7 Å². The van der Waals surface area contributed by atoms with E-state index in [0.29, 0.717) is 31.6 Å². The van der Waals surface area contributed by atoms with Gasteiger partial charge in [-0.15, -0.1) is 0 Å². The van der Waals surface area contributed by atoms with Crippen molar-refractivity contribution in [2.75, 3.05) is 39.6 Å². The fourth-order valence-electron chi connectivity index (χ4n) is 11.7. The van der Waals surface area contributed by atoms with Crippen LogP contribution in [0.4, 0.5) is 0 Å². The van der Waals surface area contributed by atoms with E-state index in [1.807, 2.05) is 0 Å². The van der Waals surface area contributed by atoms with E-state index in [2.05, 4.69) is 55.4 Å². The molecule has 0 rings (SSSR count). The fraction of sp³-hybridized carbons (Fsp3) is 0.948. The molecule has 19 heteroatoms. The lowest BCUT2D eigenvalue weighted by molar-refractivity contribution is -0.161. The van der Waals surface area contributed by atoms with Crippen LogP contribution in [-0.4, -0.2) is 96.7 Å². The Hall–Kier alpha value is -1.94. The molecule has 0 aromatic rings. The van der Waals surface area contributed by atoms with Crippen LogP contribution in [0.25, 0.3) is 0 Å². The van der Waals surface area contributed by atoms with Crippen molar-refractivity contribution in [1.29, 1.82) is 0 Å². The van der Waals surface area contributed by atoms with E-state index in [9.17, 15) is 43.2 Å². The van der Waals surface area contributed by atoms with E-state index in [0.717, 1.165) is 114 Å². The lowest BCUT2D eigenvalue weighted by atomic mass is 10.0. The van der Waals surface area contributed by atoms with Crippen molar-refractivity contribution in [3.63, 3.8) is 0 Å². The summed E-state index contributed by atoms with van der Waals surface area (Å²) in [6.45, 7) is 14.2. The van der Waals surface area contributed by atoms with Gasteiger partial charge in [0.25, 0.3) is 0 Å². The van der Waals surface area contributed by atoms with Crippen LogP contribution >= 0.6 is 15.6 Å². The van der Waals surface area contributed by atoms with E-state index in [1.54, 1.807) is 0 Å². The smallest absolute Gasteiger partial charge is 0.462 e. The molecule has 0 fully saturated rings. The summed E-state index contributed by atoms with van der Waals surface area (Å²) in [6, 6.07) is 0. The first kappa shape index (κ1) is 94.1. The molecule has 0 aliphatic rings. The summed E-state index contributed by atoms with van der Waals surface area (Å²) in [5.74, 6) is 0.893. The van der Waals surface area contributed by atoms with E-state index in [1.165, 1.54) is 186 Å². The lowest BCUT2D eigenvalue weighted by Crippen LogP contribution is -2.30. The zero-order valence-corrected chi connectivity index (χ0v) is 64.8. The molecule has 17 nitrogen and oxygen atoms in total. The molecule has 0 amide bonds. The summed E-state index contributed by atoms with van der Waals surface area (Å²) >= 11 is 0. The zero-order chi connectivity index (χ0) is 71.0. The Morgan fingerprint density at radius 3 is 0.646 bits per heavy atom. The Morgan fingerprint density at radius 2 is 0.438 bits per heavy atom. The lowest BCUT2D eigenvalue weighted by Gasteiger charge is -2.21. The topological polar surface area (TPSA) is 237 Å². The van der Waals surface area contributed by atoms with Crippen molar-refractivity contribution >= 4 is 39.5 Å². The van der Waals surface area contributed by atoms with Gasteiger partial charge in [-0.3, -0.25) is 37.3 Å². The third-order valence-electron chi connectivity index (χ3n) is 17.8. The van der Waals surface area contributed by atoms with Crippen molar-refractivity contribution in [2.45, 2.75) is 408 Å². The highest BCUT2D eigenvalue weighted by Gasteiger charge is 2.30. The van der Waals surface area contributed by atoms with Gasteiger partial charge in [0.15, 0.2) is 12.2 Å². The molecule has 0 bridgehead atoms. The summed E-state index contributed by atoms with van der Waals surface area (Å²) in [5.41, 5.74) is 0. The average Bonchev–Trinajstić information content (AvgIpc) is 2.24. The number of aliphatic hydroxyl groups is 1. The highest BCUT2D eigenvalue weighted by Crippen LogP contribution is 2.45. The monoisotopic (exact) mass is 1410 g/mol. The molecule has 5 atom stereocenters. The van der Waals surface area contributed by atoms with Crippen LogP contribution in [0.2, 0.25) is 0 Å². The number of hydrogen-bond donors (Lipinski definition) is 3. The third kappa shape index (κ3) is 70.5. The van der Waals surface area contributed by atoms with Crippen molar-refractivity contribution in [3.05, 3.63) is 0 Å². The molecule has 0 aliphatic heterocycles. The van der Waals surface area contributed by atoms with Crippen LogP contribution in [-0.2, 0) is 65.4 Å². The maximum absolute atomic E-state index is 13.1. The Kier molecular flexibility index (Phi) is 65.0. The molecule has 0 radical (unpaired) electrons. The summed E-state index contributed by atoms with van der Waals surface area (Å²) in [4.78, 5) is 72.8. The van der Waals surface area contributed by atoms with Crippen LogP contribution in [0.1, 0.15) is 389 Å². The minimum atomic E-state index is -4.96. The van der Waals surface area contributed by atoms with Gasteiger partial charge >= 0.3 is 39.5 Å². The first-order chi connectivity index (χ1) is 46.1. The Bertz CT molecular complexity index is 1880. The standard InChI is InChI=1S/C77H150O17P2/c1-67(2)53-45-37-29-23-18-14-11-9-10-12-16-20-26-32-41-49-57-74(79)87-63-72(93-77(82)60-52-44-34-28-22-25-31-39-47-55-69(5)6)65-91-95(83,84)89-61-71(78)62-90-96(85,86)92-66-73(64-88-75(80)58-50-42-36-35-40-48-56-70(7)8)94-76(81)59-51-43-33-27-21-17-13-15-19-24-30-38-46-54-68(3)4/h67-73,78H,9-66H2,1-8H3,(H,83,84)(H,85,86)/t71-,72-,73-/m1/s1. The summed E-state index contributed by atoms with van der Waals surface area (Å²) < 4.78 is 68.5. The molecule has 0 aromatic carbocycles. The molecule has 0 aliphatic carbocycles. The number of unbranched alkanes of at least 4 members (excludes halogenated alkanes) is 40. The van der Waals surface area contributed by atoms with E-state index < -0.39 is 97.5 Å². The maximum atomic E-state index is 13.1. The first-order valence-corrected chi connectivity index (χ1v) is 42.7. The second-order valence-electron chi connectivity index (χ2n) is 29.7. The number of esters is 4. The normalized spacial score (nSPS) is 14.1. The minimum Gasteiger partial charge on any atom is -0.462 e. The molecular weight excluding hydrogens is 1260 g/mol. The maximum Gasteiger partial charge on any atom is 0.472 e. The number of rotatable bonds is 74. The van der Waals surface area contributed by atoms with Crippen molar-refractivity contribution in [2.24, 2.45) is 23.7 Å². The Morgan fingerprint density at radius 1 is 0.260 bits per heavy atom. The highest BCUT2D eigenvalue weighted by atomic mass is 31.2. The number of carbonyl (C=O) groups is 4. The second kappa shape index (κ2) is 66.3. The van der Waals surface area contributed by atoms with Crippen LogP contribution in [0.3, 0.4) is 0 Å². The highest BCUT2D eigenvalue weighted by molar-refractivity contribution is 7.47. The van der Waals surface area contributed by atoms with Gasteiger partial charge in [-0.1, -0.05) is 338 Å². The molecule has 0 heterocycles. The largest absolute Gasteiger partial charge is 0.472 e. The number of hydrogen-bond acceptors (Lipinski definition) is 15. The molecule has 2 unspecified atom stereocenters. The van der Waals surface area contributed by atoms with Gasteiger partial charge in [-0.25, -0.2) is 9.13 Å². The number of aliphatic hydroxyl groups excluding tert-OH is 1. The van der Waals surface area contributed by atoms with Crippen molar-refractivity contribution in [3.8, 4) is 0 Å². The van der Waals surface area contributed by atoms with Gasteiger partial charge in [0.05, 0.1) is 26.4 Å². The Balaban J connectivity index is 5.19. The summed E-state index contributed by atoms with van der Waals surface area (Å²) in [6.07, 6.45) is 51.6. The van der Waals surface area contributed by atoms with E-state index in [4.69, 9.17) is 37.0 Å². The van der Waals surface area contributed by atoms with Crippen LogP contribution in [0.5, 0.6) is 0 Å². The Labute approximate surface area is 588 Å². The third-order valence-corrected chi connectivity index (χ3v) is 19.7. The van der Waals surface area contributed by atoms with Crippen LogP contribution in [0, 0.1) is 23.7 Å². The molecule has 0 saturated carbocycles. The second-order valence-corrected chi connectivity index (χ2v) is 32.6. The van der Waals surface area contributed by atoms with Crippen molar-refractivity contribution < 1.29 is 80.2 Å². The molecule has 570 valence electrons. The van der Waals surface area contributed by atoms with Gasteiger partial charge < -0.3 is 33.8 Å². The fourth-order valence-corrected chi connectivity index (χ4v) is 13.3. The van der Waals surface area contributed by atoms with Crippen molar-refractivity contribution in [1.82, 2.24) is 0 Å². The zero-order valence-electron chi connectivity index (χ0n) is 63.0. The molecule has 0 saturated heterocycles. The molecular formula is C77H150O17P2. The predicted molar refractivity (Wildman–Crippen MR) is 391 cm³/mol. The van der Waals surface area contributed by atoms with Gasteiger partial charge in [0, 0.05) is 25.7 Å². The summed E-state index contributed by atoms with van der Waals surface area (Å²) in [7, 11) is -9.91. The molecule has 0 spiro atoms. The summed E-state index contributed by atoms with van der Waals surface area (Å²) in [5, 5.41) is 10.6. The van der Waals surface area contributed by atoms with Gasteiger partial charge in [-0.2, -0.15) is 0 Å². The minimum absolute atomic E-state index is 0.105.